The molecule has 3 aromatic carbocycles. The van der Waals surface area contributed by atoms with Gasteiger partial charge in [-0.15, -0.1) is 11.8 Å². The third kappa shape index (κ3) is 8.03. The molecule has 0 radical (unpaired) electrons. The summed E-state index contributed by atoms with van der Waals surface area (Å²) >= 11 is 5.05. The van der Waals surface area contributed by atoms with Crippen molar-refractivity contribution < 1.29 is 9.59 Å². The quantitative estimate of drug-likeness (QED) is 0.337. The molecule has 4 nitrogen and oxygen atoms in total. The molecular formula is C28H31BrN2O2S. The van der Waals surface area contributed by atoms with E-state index in [2.05, 4.69) is 52.4 Å². The zero-order valence-electron chi connectivity index (χ0n) is 19.7. The lowest BCUT2D eigenvalue weighted by Crippen LogP contribution is -2.51. The average Bonchev–Trinajstić information content (AvgIpc) is 2.84. The summed E-state index contributed by atoms with van der Waals surface area (Å²) in [4.78, 5) is 28.4. The van der Waals surface area contributed by atoms with Crippen molar-refractivity contribution in [3.05, 3.63) is 106 Å². The molecule has 1 atom stereocenters. The van der Waals surface area contributed by atoms with Crippen LogP contribution in [0, 0.1) is 6.92 Å². The van der Waals surface area contributed by atoms with Crippen LogP contribution in [0.1, 0.15) is 29.2 Å². The van der Waals surface area contributed by atoms with Crippen LogP contribution in [0.15, 0.2) is 83.3 Å². The fourth-order valence-electron chi connectivity index (χ4n) is 3.66. The summed E-state index contributed by atoms with van der Waals surface area (Å²) in [6.07, 6.45) is 0.470. The summed E-state index contributed by atoms with van der Waals surface area (Å²) in [5, 5.41) is 2.94. The Morgan fingerprint density at radius 3 is 2.21 bits per heavy atom. The Balaban J connectivity index is 1.81. The van der Waals surface area contributed by atoms with Crippen molar-refractivity contribution in [1.82, 2.24) is 10.2 Å². The number of aryl methyl sites for hydroxylation is 1. The zero-order chi connectivity index (χ0) is 24.3. The van der Waals surface area contributed by atoms with E-state index < -0.39 is 6.04 Å². The van der Waals surface area contributed by atoms with Crippen LogP contribution in [-0.2, 0) is 28.3 Å². The summed E-state index contributed by atoms with van der Waals surface area (Å²) in [7, 11) is 0. The number of rotatable bonds is 11. The molecule has 0 bridgehead atoms. The lowest BCUT2D eigenvalue weighted by molar-refractivity contribution is -0.139. The van der Waals surface area contributed by atoms with Gasteiger partial charge in [0.05, 0.1) is 5.75 Å². The number of carbonyl (C=O) groups is 2. The van der Waals surface area contributed by atoms with E-state index in [4.69, 9.17) is 0 Å². The lowest BCUT2D eigenvalue weighted by Gasteiger charge is -2.31. The average molecular weight is 540 g/mol. The Morgan fingerprint density at radius 1 is 0.912 bits per heavy atom. The van der Waals surface area contributed by atoms with Gasteiger partial charge in [0.2, 0.25) is 11.8 Å². The summed E-state index contributed by atoms with van der Waals surface area (Å²) in [6, 6.07) is 25.6. The van der Waals surface area contributed by atoms with Crippen LogP contribution in [0.25, 0.3) is 0 Å². The van der Waals surface area contributed by atoms with Crippen molar-refractivity contribution in [3.63, 3.8) is 0 Å². The van der Waals surface area contributed by atoms with Crippen molar-refractivity contribution in [3.8, 4) is 0 Å². The normalized spacial score (nSPS) is 11.6. The van der Waals surface area contributed by atoms with Crippen molar-refractivity contribution in [1.29, 1.82) is 0 Å². The van der Waals surface area contributed by atoms with E-state index in [1.54, 1.807) is 16.7 Å². The van der Waals surface area contributed by atoms with Crippen molar-refractivity contribution >= 4 is 39.5 Å². The molecule has 0 aliphatic heterocycles. The molecule has 0 heterocycles. The van der Waals surface area contributed by atoms with Crippen molar-refractivity contribution in [2.24, 2.45) is 0 Å². The summed E-state index contributed by atoms with van der Waals surface area (Å²) in [6.45, 7) is 4.86. The van der Waals surface area contributed by atoms with Gasteiger partial charge in [-0.3, -0.25) is 9.59 Å². The highest BCUT2D eigenvalue weighted by Crippen LogP contribution is 2.20. The molecule has 0 unspecified atom stereocenters. The second-order valence-corrected chi connectivity index (χ2v) is 10.1. The van der Waals surface area contributed by atoms with E-state index in [1.807, 2.05) is 61.5 Å². The Bertz CT molecular complexity index is 1060. The topological polar surface area (TPSA) is 49.4 Å². The number of amides is 2. The van der Waals surface area contributed by atoms with Crippen molar-refractivity contribution in [2.45, 2.75) is 38.6 Å². The molecule has 178 valence electrons. The SMILES string of the molecule is CCNC(=O)[C@H](Cc1ccccc1)N(Cc1ccc(Br)cc1)C(=O)CSCc1ccc(C)cc1. The van der Waals surface area contributed by atoms with Crippen LogP contribution >= 0.6 is 27.7 Å². The predicted octanol–water partition coefficient (Wildman–Crippen LogP) is 5.77. The van der Waals surface area contributed by atoms with E-state index in [0.717, 1.165) is 21.4 Å². The maximum absolute atomic E-state index is 13.5. The molecule has 0 fully saturated rings. The second-order valence-electron chi connectivity index (χ2n) is 8.23. The minimum atomic E-state index is -0.585. The number of nitrogens with one attached hydrogen (secondary N) is 1. The molecule has 3 rings (SSSR count). The first kappa shape index (κ1) is 26.0. The highest BCUT2D eigenvalue weighted by Gasteiger charge is 2.30. The number of nitrogens with zero attached hydrogens (tertiary/aromatic N) is 1. The van der Waals surface area contributed by atoms with E-state index >= 15 is 0 Å². The maximum Gasteiger partial charge on any atom is 0.243 e. The zero-order valence-corrected chi connectivity index (χ0v) is 22.1. The molecule has 0 aliphatic carbocycles. The number of carbonyl (C=O) groups excluding carboxylic acids is 2. The fourth-order valence-corrected chi connectivity index (χ4v) is 4.79. The third-order valence-electron chi connectivity index (χ3n) is 5.50. The van der Waals surface area contributed by atoms with Gasteiger partial charge in [0.1, 0.15) is 6.04 Å². The molecule has 0 aromatic heterocycles. The van der Waals surface area contributed by atoms with Gasteiger partial charge in [0.25, 0.3) is 0 Å². The predicted molar refractivity (Wildman–Crippen MR) is 145 cm³/mol. The monoisotopic (exact) mass is 538 g/mol. The standard InChI is InChI=1S/C28H31BrN2O2S/c1-3-30-28(33)26(17-22-7-5-4-6-8-22)31(18-23-13-15-25(29)16-14-23)27(32)20-34-19-24-11-9-21(2)10-12-24/h4-16,26H,3,17-20H2,1-2H3,(H,30,33)/t26-/m0/s1. The lowest BCUT2D eigenvalue weighted by atomic mass is 10.0. The Kier molecular flexibility index (Phi) is 10.2. The minimum absolute atomic E-state index is 0.0350. The van der Waals surface area contributed by atoms with Gasteiger partial charge < -0.3 is 10.2 Å². The van der Waals surface area contributed by atoms with Crippen LogP contribution in [0.3, 0.4) is 0 Å². The molecule has 6 heteroatoms. The molecule has 1 N–H and O–H groups in total. The minimum Gasteiger partial charge on any atom is -0.355 e. The first-order valence-electron chi connectivity index (χ1n) is 11.4. The summed E-state index contributed by atoms with van der Waals surface area (Å²) in [5.41, 5.74) is 4.42. The highest BCUT2D eigenvalue weighted by atomic mass is 79.9. The van der Waals surface area contributed by atoms with Gasteiger partial charge in [0.15, 0.2) is 0 Å². The van der Waals surface area contributed by atoms with Gasteiger partial charge in [-0.25, -0.2) is 0 Å². The molecule has 0 saturated heterocycles. The number of benzene rings is 3. The molecule has 0 saturated carbocycles. The van der Waals surface area contributed by atoms with Gasteiger partial charge in [-0.2, -0.15) is 0 Å². The van der Waals surface area contributed by atoms with Crippen LogP contribution in [-0.4, -0.2) is 35.1 Å². The van der Waals surface area contributed by atoms with Gasteiger partial charge >= 0.3 is 0 Å². The van der Waals surface area contributed by atoms with Crippen molar-refractivity contribution in [2.75, 3.05) is 12.3 Å². The Labute approximate surface area is 215 Å². The highest BCUT2D eigenvalue weighted by molar-refractivity contribution is 9.10. The Hall–Kier alpha value is -2.57. The number of hydrogen-bond acceptors (Lipinski definition) is 3. The molecule has 2 amide bonds. The second kappa shape index (κ2) is 13.4. The van der Waals surface area contributed by atoms with E-state index in [0.29, 0.717) is 25.3 Å². The molecule has 0 aliphatic rings. The number of thioether (sulfide) groups is 1. The summed E-state index contributed by atoms with van der Waals surface area (Å²) < 4.78 is 0.979. The molecule has 0 spiro atoms. The third-order valence-corrected chi connectivity index (χ3v) is 7.02. The maximum atomic E-state index is 13.5. The van der Waals surface area contributed by atoms with Crippen LogP contribution in [0.4, 0.5) is 0 Å². The smallest absolute Gasteiger partial charge is 0.243 e. The van der Waals surface area contributed by atoms with E-state index in [-0.39, 0.29) is 11.8 Å². The molecule has 34 heavy (non-hydrogen) atoms. The van der Waals surface area contributed by atoms with Gasteiger partial charge in [-0.05, 0) is 42.7 Å². The molecular weight excluding hydrogens is 508 g/mol. The van der Waals surface area contributed by atoms with Gasteiger partial charge in [-0.1, -0.05) is 88.2 Å². The number of likely N-dealkylation sites (N-methyl/N-ethyl adjacent to an activating group) is 1. The Morgan fingerprint density at radius 2 is 1.56 bits per heavy atom. The van der Waals surface area contributed by atoms with E-state index in [1.165, 1.54) is 11.1 Å². The summed E-state index contributed by atoms with van der Waals surface area (Å²) in [5.74, 6) is 0.908. The fraction of sp³-hybridized carbons (Fsp3) is 0.286. The van der Waals surface area contributed by atoms with Crippen LogP contribution < -0.4 is 5.32 Å². The molecule has 3 aromatic rings. The van der Waals surface area contributed by atoms with Gasteiger partial charge in [0, 0.05) is 29.7 Å². The van der Waals surface area contributed by atoms with Crippen LogP contribution in [0.5, 0.6) is 0 Å². The first-order chi connectivity index (χ1) is 16.5. The number of halogens is 1. The number of hydrogen-bond donors (Lipinski definition) is 1. The largest absolute Gasteiger partial charge is 0.355 e. The van der Waals surface area contributed by atoms with Crippen LogP contribution in [0.2, 0.25) is 0 Å². The first-order valence-corrected chi connectivity index (χ1v) is 13.4. The van der Waals surface area contributed by atoms with E-state index in [9.17, 15) is 9.59 Å².